The molecule has 2 heterocycles. The third-order valence-electron chi connectivity index (χ3n) is 6.01. The number of pyridine rings is 1. The number of aryl methyl sites for hydroxylation is 2. The fraction of sp³-hybridized carbons (Fsp3) is 0.346. The number of nitrogen functional groups attached to an aromatic ring is 1. The Morgan fingerprint density at radius 3 is 2.53 bits per heavy atom. The number of carbonyl (C=O) groups excluding carboxylic acids is 1. The van der Waals surface area contributed by atoms with E-state index in [9.17, 15) is 18.0 Å². The number of rotatable bonds is 9. The second-order valence-electron chi connectivity index (χ2n) is 8.66. The van der Waals surface area contributed by atoms with Gasteiger partial charge in [-0.05, 0) is 49.6 Å². The molecule has 7 nitrogen and oxygen atoms in total. The smallest absolute Gasteiger partial charge is 0.382 e. The zero-order valence-electron chi connectivity index (χ0n) is 20.0. The molecule has 10 heteroatoms. The topological polar surface area (TPSA) is 97.9 Å². The summed E-state index contributed by atoms with van der Waals surface area (Å²) < 4.78 is 40.2. The number of para-hydroxylation sites is 1. The lowest BCUT2D eigenvalue weighted by atomic mass is 10.2. The fourth-order valence-electron chi connectivity index (χ4n) is 4.19. The molecule has 4 rings (SSSR count). The number of urea groups is 1. The molecule has 36 heavy (non-hydrogen) atoms. The van der Waals surface area contributed by atoms with E-state index >= 15 is 0 Å². The Morgan fingerprint density at radius 2 is 1.81 bits per heavy atom. The van der Waals surface area contributed by atoms with Crippen LogP contribution in [0.3, 0.4) is 0 Å². The largest absolute Gasteiger partial charge is 0.416 e. The minimum Gasteiger partial charge on any atom is -0.382 e. The van der Waals surface area contributed by atoms with Crippen molar-refractivity contribution in [3.8, 4) is 0 Å². The van der Waals surface area contributed by atoms with Crippen molar-refractivity contribution in [2.75, 3.05) is 17.6 Å². The molecule has 0 saturated carbocycles. The van der Waals surface area contributed by atoms with Crippen LogP contribution in [0.25, 0.3) is 21.9 Å². The molecule has 2 amide bonds. The number of fused-ring (bicyclic) bond motifs is 3. The molecule has 0 aliphatic heterocycles. The number of nitrogens with zero attached hydrogens (tertiary/aromatic N) is 3. The Balaban J connectivity index is 0.00000253. The molecule has 4 N–H and O–H groups in total. The number of nitrogens with two attached hydrogens (primary N) is 1. The van der Waals surface area contributed by atoms with Crippen molar-refractivity contribution in [1.29, 1.82) is 0 Å². The first-order valence-electron chi connectivity index (χ1n) is 12.0. The van der Waals surface area contributed by atoms with E-state index in [1.54, 1.807) is 0 Å². The van der Waals surface area contributed by atoms with Crippen molar-refractivity contribution >= 4 is 39.5 Å². The van der Waals surface area contributed by atoms with Gasteiger partial charge in [0.05, 0.1) is 16.6 Å². The lowest BCUT2D eigenvalue weighted by Crippen LogP contribution is -2.29. The normalized spacial score (nSPS) is 11.8. The Labute approximate surface area is 209 Å². The number of aromatic nitrogens is 3. The third kappa shape index (κ3) is 5.69. The average molecular weight is 503 g/mol. The number of alkyl halides is 3. The molecular formula is C26H33F3N6O. The van der Waals surface area contributed by atoms with Crippen molar-refractivity contribution in [1.82, 2.24) is 19.9 Å². The number of imidazole rings is 1. The molecule has 2 aromatic carbocycles. The van der Waals surface area contributed by atoms with E-state index in [4.69, 9.17) is 10.7 Å². The maximum atomic E-state index is 12.7. The van der Waals surface area contributed by atoms with Crippen molar-refractivity contribution in [3.05, 3.63) is 59.9 Å². The van der Waals surface area contributed by atoms with E-state index in [0.29, 0.717) is 36.5 Å². The van der Waals surface area contributed by atoms with Crippen LogP contribution in [0.5, 0.6) is 0 Å². The summed E-state index contributed by atoms with van der Waals surface area (Å²) >= 11 is 0. The van der Waals surface area contributed by atoms with Gasteiger partial charge in [-0.25, -0.2) is 14.8 Å². The molecule has 0 atom stereocenters. The Morgan fingerprint density at radius 1 is 1.06 bits per heavy atom. The van der Waals surface area contributed by atoms with Crippen molar-refractivity contribution in [3.63, 3.8) is 0 Å². The van der Waals surface area contributed by atoms with Crippen LogP contribution >= 0.6 is 0 Å². The number of amides is 2. The zero-order valence-corrected chi connectivity index (χ0v) is 20.0. The molecular weight excluding hydrogens is 469 g/mol. The number of benzene rings is 2. The number of anilines is 2. The molecule has 0 spiro atoms. The van der Waals surface area contributed by atoms with Crippen LogP contribution in [0, 0.1) is 0 Å². The first-order chi connectivity index (χ1) is 17.3. The summed E-state index contributed by atoms with van der Waals surface area (Å²) in [7, 11) is 0. The second kappa shape index (κ2) is 10.8. The van der Waals surface area contributed by atoms with E-state index in [1.165, 1.54) is 12.1 Å². The van der Waals surface area contributed by atoms with E-state index in [1.807, 2.05) is 24.3 Å². The standard InChI is InChI=1S/C26H29F3N6O.2H2/c1-2-3-10-21-34-22-23(19-8-4-5-9-20(19)33-24(22)30)35(21)16-7-6-15-31-25(36)32-18-13-11-17(12-14-18)26(27,28)29;;/h4-5,8-9,11-14H,2-3,6-7,10,15-16H2,1H3,(H2,30,33)(H2,31,32,36);2*1H. The van der Waals surface area contributed by atoms with Gasteiger partial charge in [0.25, 0.3) is 0 Å². The van der Waals surface area contributed by atoms with Gasteiger partial charge in [0, 0.05) is 33.4 Å². The molecule has 0 bridgehead atoms. The molecule has 0 aliphatic carbocycles. The van der Waals surface area contributed by atoms with Gasteiger partial charge in [-0.2, -0.15) is 13.2 Å². The number of hydrogen-bond acceptors (Lipinski definition) is 4. The minimum absolute atomic E-state index is 0. The summed E-state index contributed by atoms with van der Waals surface area (Å²) in [4.78, 5) is 21.5. The van der Waals surface area contributed by atoms with Gasteiger partial charge in [0.15, 0.2) is 5.82 Å². The molecule has 2 aromatic heterocycles. The van der Waals surface area contributed by atoms with Crippen LogP contribution in [0.15, 0.2) is 48.5 Å². The lowest BCUT2D eigenvalue weighted by Gasteiger charge is -2.12. The summed E-state index contributed by atoms with van der Waals surface area (Å²) in [5.74, 6) is 1.39. The SMILES string of the molecule is CCCCc1nc2c(N)nc3ccccc3c2n1CCCCNC(=O)Nc1ccc(C(F)(F)F)cc1.[HH].[HH]. The lowest BCUT2D eigenvalue weighted by molar-refractivity contribution is -0.137. The number of hydrogen-bond donors (Lipinski definition) is 3. The van der Waals surface area contributed by atoms with E-state index in [2.05, 4.69) is 27.1 Å². The highest BCUT2D eigenvalue weighted by molar-refractivity contribution is 6.06. The van der Waals surface area contributed by atoms with Gasteiger partial charge >= 0.3 is 12.2 Å². The number of unbranched alkanes of at least 4 members (excludes halogenated alkanes) is 2. The third-order valence-corrected chi connectivity index (χ3v) is 6.01. The average Bonchev–Trinajstić information content (AvgIpc) is 3.21. The molecule has 4 aromatic rings. The number of halogens is 3. The quantitative estimate of drug-likeness (QED) is 0.224. The number of carbonyl (C=O) groups is 1. The zero-order chi connectivity index (χ0) is 25.7. The molecule has 0 saturated heterocycles. The molecule has 0 fully saturated rings. The van der Waals surface area contributed by atoms with Gasteiger partial charge in [-0.15, -0.1) is 0 Å². The van der Waals surface area contributed by atoms with Gasteiger partial charge in [0.1, 0.15) is 11.3 Å². The van der Waals surface area contributed by atoms with Crippen molar-refractivity contribution < 1.29 is 20.8 Å². The predicted molar refractivity (Wildman–Crippen MR) is 140 cm³/mol. The second-order valence-corrected chi connectivity index (χ2v) is 8.66. The van der Waals surface area contributed by atoms with Crippen LogP contribution < -0.4 is 16.4 Å². The Kier molecular flexibility index (Phi) is 7.61. The summed E-state index contributed by atoms with van der Waals surface area (Å²) in [6.45, 7) is 3.28. The maximum absolute atomic E-state index is 12.7. The van der Waals surface area contributed by atoms with Gasteiger partial charge in [-0.1, -0.05) is 31.5 Å². The van der Waals surface area contributed by atoms with Crippen LogP contribution in [0.1, 0.15) is 46.8 Å². The minimum atomic E-state index is -4.41. The highest BCUT2D eigenvalue weighted by Crippen LogP contribution is 2.30. The molecule has 0 aliphatic rings. The summed E-state index contributed by atoms with van der Waals surface area (Å²) in [6.07, 6.45) is 0.00242. The van der Waals surface area contributed by atoms with Crippen molar-refractivity contribution in [2.45, 2.75) is 51.7 Å². The van der Waals surface area contributed by atoms with Gasteiger partial charge in [0.2, 0.25) is 0 Å². The molecule has 0 unspecified atom stereocenters. The maximum Gasteiger partial charge on any atom is 0.416 e. The Bertz CT molecular complexity index is 1360. The summed E-state index contributed by atoms with van der Waals surface area (Å²) in [5.41, 5.74) is 8.30. The van der Waals surface area contributed by atoms with Crippen LogP contribution in [0.4, 0.5) is 29.5 Å². The van der Waals surface area contributed by atoms with E-state index in [0.717, 1.165) is 60.1 Å². The Hall–Kier alpha value is -3.82. The van der Waals surface area contributed by atoms with Crippen LogP contribution in [0.2, 0.25) is 0 Å². The monoisotopic (exact) mass is 502 g/mol. The number of nitrogens with one attached hydrogen (secondary N) is 2. The van der Waals surface area contributed by atoms with Crippen LogP contribution in [-0.4, -0.2) is 27.1 Å². The highest BCUT2D eigenvalue weighted by atomic mass is 19.4. The predicted octanol–water partition coefficient (Wildman–Crippen LogP) is 6.62. The first kappa shape index (κ1) is 25.3. The summed E-state index contributed by atoms with van der Waals surface area (Å²) in [5, 5.41) is 6.31. The van der Waals surface area contributed by atoms with Crippen molar-refractivity contribution in [2.24, 2.45) is 0 Å². The highest BCUT2D eigenvalue weighted by Gasteiger charge is 2.30. The van der Waals surface area contributed by atoms with Gasteiger partial charge < -0.3 is 20.9 Å². The van der Waals surface area contributed by atoms with Gasteiger partial charge in [-0.3, -0.25) is 0 Å². The fourth-order valence-corrected chi connectivity index (χ4v) is 4.19. The summed E-state index contributed by atoms with van der Waals surface area (Å²) in [6, 6.07) is 11.7. The molecule has 0 radical (unpaired) electrons. The first-order valence-corrected chi connectivity index (χ1v) is 12.0. The van der Waals surface area contributed by atoms with E-state index in [-0.39, 0.29) is 2.85 Å². The molecule has 194 valence electrons. The van der Waals surface area contributed by atoms with E-state index < -0.39 is 17.8 Å². The van der Waals surface area contributed by atoms with Crippen LogP contribution in [-0.2, 0) is 19.1 Å².